The lowest BCUT2D eigenvalue weighted by Crippen LogP contribution is -2.12. The topological polar surface area (TPSA) is 13.1 Å². The standard InChI is InChI=1S/C48H32FN3/c49-35-17-12-21-38(31-35)52-45-26-10-8-23-41(45)43-24-13-27-46(48(43)52)50(36-18-5-2-6-19-36)39-28-29-42-40-22-7-9-25-44(40)51(47(42)32-39)37-20-11-16-34(30-37)33-14-3-1-4-15-33/h1-32H. The number of nitrogens with zero attached hydrogens (tertiary/aromatic N) is 3. The van der Waals surface area contributed by atoms with Crippen LogP contribution < -0.4 is 4.90 Å². The molecule has 3 nitrogen and oxygen atoms in total. The fourth-order valence-electron chi connectivity index (χ4n) is 7.90. The van der Waals surface area contributed by atoms with Crippen molar-refractivity contribution in [1.29, 1.82) is 0 Å². The zero-order chi connectivity index (χ0) is 34.6. The van der Waals surface area contributed by atoms with Crippen molar-refractivity contribution >= 4 is 60.7 Å². The molecule has 0 aliphatic heterocycles. The van der Waals surface area contributed by atoms with Gasteiger partial charge < -0.3 is 14.0 Å². The van der Waals surface area contributed by atoms with Gasteiger partial charge in [0.05, 0.1) is 27.8 Å². The van der Waals surface area contributed by atoms with E-state index >= 15 is 0 Å². The lowest BCUT2D eigenvalue weighted by Gasteiger charge is -2.27. The summed E-state index contributed by atoms with van der Waals surface area (Å²) in [7, 11) is 0. The molecule has 0 amide bonds. The highest BCUT2D eigenvalue weighted by Crippen LogP contribution is 2.45. The maximum atomic E-state index is 14.9. The Morgan fingerprint density at radius 3 is 1.71 bits per heavy atom. The summed E-state index contributed by atoms with van der Waals surface area (Å²) in [5.41, 5.74) is 11.6. The van der Waals surface area contributed by atoms with Crippen molar-refractivity contribution in [3.63, 3.8) is 0 Å². The number of hydrogen-bond acceptors (Lipinski definition) is 1. The molecule has 0 saturated heterocycles. The Morgan fingerprint density at radius 2 is 0.942 bits per heavy atom. The summed E-state index contributed by atoms with van der Waals surface area (Å²) in [6.45, 7) is 0. The van der Waals surface area contributed by atoms with Crippen LogP contribution in [0.5, 0.6) is 0 Å². The molecule has 0 unspecified atom stereocenters. The van der Waals surface area contributed by atoms with E-state index in [-0.39, 0.29) is 5.82 Å². The van der Waals surface area contributed by atoms with Crippen LogP contribution >= 0.6 is 0 Å². The lowest BCUT2D eigenvalue weighted by molar-refractivity contribution is 0.627. The van der Waals surface area contributed by atoms with Gasteiger partial charge in [-0.15, -0.1) is 0 Å². The van der Waals surface area contributed by atoms with Crippen LogP contribution in [0, 0.1) is 5.82 Å². The van der Waals surface area contributed by atoms with Crippen LogP contribution in [0.2, 0.25) is 0 Å². The highest BCUT2D eigenvalue weighted by molar-refractivity contribution is 6.15. The fraction of sp³-hybridized carbons (Fsp3) is 0. The molecule has 10 rings (SSSR count). The molecule has 4 heteroatoms. The lowest BCUT2D eigenvalue weighted by atomic mass is 10.1. The van der Waals surface area contributed by atoms with Gasteiger partial charge in [-0.2, -0.15) is 0 Å². The molecule has 0 saturated carbocycles. The predicted octanol–water partition coefficient (Wildman–Crippen LogP) is 13.2. The van der Waals surface area contributed by atoms with Crippen molar-refractivity contribution < 1.29 is 4.39 Å². The molecule has 0 fully saturated rings. The molecule has 2 heterocycles. The van der Waals surface area contributed by atoms with Gasteiger partial charge in [0.2, 0.25) is 0 Å². The minimum absolute atomic E-state index is 0.268. The maximum absolute atomic E-state index is 14.9. The molecule has 0 spiro atoms. The highest BCUT2D eigenvalue weighted by Gasteiger charge is 2.23. The number of para-hydroxylation sites is 4. The summed E-state index contributed by atoms with van der Waals surface area (Å²) >= 11 is 0. The van der Waals surface area contributed by atoms with E-state index in [4.69, 9.17) is 0 Å². The van der Waals surface area contributed by atoms with E-state index in [1.165, 1.54) is 28.0 Å². The van der Waals surface area contributed by atoms with Gasteiger partial charge in [-0.25, -0.2) is 4.39 Å². The summed E-state index contributed by atoms with van der Waals surface area (Å²) in [6.07, 6.45) is 0. The second-order valence-electron chi connectivity index (χ2n) is 13.1. The zero-order valence-electron chi connectivity index (χ0n) is 28.2. The van der Waals surface area contributed by atoms with Crippen LogP contribution in [0.15, 0.2) is 194 Å². The molecule has 0 N–H and O–H groups in total. The van der Waals surface area contributed by atoms with Gasteiger partial charge in [0.25, 0.3) is 0 Å². The van der Waals surface area contributed by atoms with Crippen molar-refractivity contribution in [2.75, 3.05) is 4.90 Å². The summed E-state index contributed by atoms with van der Waals surface area (Å²) in [6, 6.07) is 67.0. The number of halogens is 1. The summed E-state index contributed by atoms with van der Waals surface area (Å²) in [4.78, 5) is 2.33. The highest BCUT2D eigenvalue weighted by atomic mass is 19.1. The molecule has 0 aliphatic rings. The van der Waals surface area contributed by atoms with E-state index < -0.39 is 0 Å². The third kappa shape index (κ3) is 4.80. The number of rotatable bonds is 6. The van der Waals surface area contributed by atoms with Crippen molar-refractivity contribution in [2.45, 2.75) is 0 Å². The second kappa shape index (κ2) is 12.1. The molecule has 10 aromatic rings. The minimum Gasteiger partial charge on any atom is -0.309 e. The first-order valence-corrected chi connectivity index (χ1v) is 17.6. The Balaban J connectivity index is 1.26. The number of benzene rings is 8. The Hall–Kier alpha value is -6.91. The van der Waals surface area contributed by atoms with E-state index in [0.29, 0.717) is 0 Å². The van der Waals surface area contributed by atoms with Gasteiger partial charge in [-0.05, 0) is 83.9 Å². The first-order valence-electron chi connectivity index (χ1n) is 17.6. The van der Waals surface area contributed by atoms with Crippen LogP contribution in [0.3, 0.4) is 0 Å². The molecule has 246 valence electrons. The molecule has 52 heavy (non-hydrogen) atoms. The largest absolute Gasteiger partial charge is 0.309 e. The quantitative estimate of drug-likeness (QED) is 0.172. The molecule has 0 aliphatic carbocycles. The zero-order valence-corrected chi connectivity index (χ0v) is 28.2. The van der Waals surface area contributed by atoms with Crippen molar-refractivity contribution in [1.82, 2.24) is 9.13 Å². The third-order valence-corrected chi connectivity index (χ3v) is 10.1. The Kier molecular flexibility index (Phi) is 7.00. The molecule has 0 bridgehead atoms. The molecular formula is C48H32FN3. The monoisotopic (exact) mass is 669 g/mol. The van der Waals surface area contributed by atoms with Gasteiger partial charge in [0.15, 0.2) is 0 Å². The molecule has 0 atom stereocenters. The minimum atomic E-state index is -0.268. The van der Waals surface area contributed by atoms with Crippen LogP contribution in [0.4, 0.5) is 21.5 Å². The van der Waals surface area contributed by atoms with E-state index in [1.54, 1.807) is 12.1 Å². The van der Waals surface area contributed by atoms with Crippen LogP contribution in [0.1, 0.15) is 0 Å². The van der Waals surface area contributed by atoms with Gasteiger partial charge in [0, 0.05) is 44.3 Å². The van der Waals surface area contributed by atoms with E-state index in [0.717, 1.165) is 61.3 Å². The van der Waals surface area contributed by atoms with Gasteiger partial charge >= 0.3 is 0 Å². The van der Waals surface area contributed by atoms with Crippen molar-refractivity contribution in [3.05, 3.63) is 200 Å². The first kappa shape index (κ1) is 30.0. The van der Waals surface area contributed by atoms with Crippen LogP contribution in [0.25, 0.3) is 66.1 Å². The summed E-state index contributed by atoms with van der Waals surface area (Å²) in [5.74, 6) is -0.268. The Labute approximate surface area is 300 Å². The third-order valence-electron chi connectivity index (χ3n) is 10.1. The van der Waals surface area contributed by atoms with Crippen LogP contribution in [-0.2, 0) is 0 Å². The van der Waals surface area contributed by atoms with Gasteiger partial charge in [0.1, 0.15) is 5.82 Å². The SMILES string of the molecule is Fc1cccc(-n2c3ccccc3c3cccc(N(c4ccccc4)c4ccc5c6ccccc6n(-c6cccc(-c7ccccc7)c6)c5c4)c32)c1. The predicted molar refractivity (Wildman–Crippen MR) is 215 cm³/mol. The fourth-order valence-corrected chi connectivity index (χ4v) is 7.90. The average molecular weight is 670 g/mol. The van der Waals surface area contributed by atoms with E-state index in [9.17, 15) is 4.39 Å². The van der Waals surface area contributed by atoms with Gasteiger partial charge in [-0.1, -0.05) is 121 Å². The normalized spacial score (nSPS) is 11.6. The van der Waals surface area contributed by atoms with E-state index in [1.807, 2.05) is 18.2 Å². The smallest absolute Gasteiger partial charge is 0.125 e. The number of anilines is 3. The van der Waals surface area contributed by atoms with E-state index in [2.05, 4.69) is 172 Å². The second-order valence-corrected chi connectivity index (χ2v) is 13.1. The molecule has 2 aromatic heterocycles. The molecule has 8 aromatic carbocycles. The first-order chi connectivity index (χ1) is 25.7. The molecule has 0 radical (unpaired) electrons. The number of fused-ring (bicyclic) bond motifs is 6. The average Bonchev–Trinajstić information content (AvgIpc) is 3.72. The number of aromatic nitrogens is 2. The Bertz CT molecular complexity index is 2920. The van der Waals surface area contributed by atoms with Crippen LogP contribution in [-0.4, -0.2) is 9.13 Å². The van der Waals surface area contributed by atoms with Crippen molar-refractivity contribution in [2.24, 2.45) is 0 Å². The van der Waals surface area contributed by atoms with Gasteiger partial charge in [-0.3, -0.25) is 0 Å². The summed E-state index contributed by atoms with van der Waals surface area (Å²) < 4.78 is 19.4. The maximum Gasteiger partial charge on any atom is 0.125 e. The number of hydrogen-bond donors (Lipinski definition) is 0. The molecular weight excluding hydrogens is 638 g/mol. The summed E-state index contributed by atoms with van der Waals surface area (Å²) in [5, 5.41) is 4.61. The Morgan fingerprint density at radius 1 is 0.365 bits per heavy atom. The van der Waals surface area contributed by atoms with Crippen molar-refractivity contribution in [3.8, 4) is 22.5 Å².